The predicted molar refractivity (Wildman–Crippen MR) is 113 cm³/mol. The average molecular weight is 394 g/mol. The van der Waals surface area contributed by atoms with Gasteiger partial charge in [0.2, 0.25) is 0 Å². The van der Waals surface area contributed by atoms with E-state index in [1.807, 2.05) is 28.6 Å². The fourth-order valence-corrected chi connectivity index (χ4v) is 4.70. The molecule has 144 valence electrons. The third-order valence-corrected chi connectivity index (χ3v) is 6.62. The average Bonchev–Trinajstić information content (AvgIpc) is 3.44. The van der Waals surface area contributed by atoms with Crippen molar-refractivity contribution in [1.82, 2.24) is 4.98 Å². The normalized spacial score (nSPS) is 17.0. The molecule has 5 nitrogen and oxygen atoms in total. The molecular formula is C22H22N2O3S. The summed E-state index contributed by atoms with van der Waals surface area (Å²) in [5, 5.41) is 1.55. The van der Waals surface area contributed by atoms with Crippen LogP contribution in [0.1, 0.15) is 18.4 Å². The summed E-state index contributed by atoms with van der Waals surface area (Å²) in [4.78, 5) is 15.1. The number of fused-ring (bicyclic) bond motifs is 2. The Labute approximate surface area is 166 Å². The van der Waals surface area contributed by atoms with Crippen molar-refractivity contribution in [3.8, 4) is 16.9 Å². The number of rotatable bonds is 5. The van der Waals surface area contributed by atoms with Crippen LogP contribution in [0, 0.1) is 5.92 Å². The quantitative estimate of drug-likeness (QED) is 0.671. The van der Waals surface area contributed by atoms with Gasteiger partial charge >= 0.3 is 0 Å². The number of aromatic amines is 1. The molecule has 2 heterocycles. The minimum atomic E-state index is -1.07. The zero-order valence-corrected chi connectivity index (χ0v) is 16.6. The molecular weight excluding hydrogens is 372 g/mol. The summed E-state index contributed by atoms with van der Waals surface area (Å²) in [6.45, 7) is 1.47. The molecule has 0 amide bonds. The first-order valence-corrected chi connectivity index (χ1v) is 11.1. The predicted octanol–water partition coefficient (Wildman–Crippen LogP) is 3.64. The number of anilines is 1. The second-order valence-electron chi connectivity index (χ2n) is 7.58. The van der Waals surface area contributed by atoms with E-state index in [4.69, 9.17) is 4.74 Å². The molecule has 1 unspecified atom stereocenters. The molecule has 1 aliphatic heterocycles. The molecule has 28 heavy (non-hydrogen) atoms. The first-order chi connectivity index (χ1) is 13.6. The number of hydrogen-bond donors (Lipinski definition) is 1. The van der Waals surface area contributed by atoms with Crippen molar-refractivity contribution in [2.75, 3.05) is 23.7 Å². The van der Waals surface area contributed by atoms with Gasteiger partial charge in [-0.15, -0.1) is 0 Å². The standard InChI is InChI=1S/C22H22N2O3S/c1-28(26)24-9-8-15-10-21(27-13-14-6-7-14)18(11-20(15)24)19-12-23-22(25)17-5-3-2-4-16(17)19/h2-5,10-12,14H,6-9,13H2,1H3,(H,23,25). The van der Waals surface area contributed by atoms with Crippen LogP contribution in [0.3, 0.4) is 0 Å². The number of ether oxygens (including phenoxy) is 1. The molecule has 1 fully saturated rings. The van der Waals surface area contributed by atoms with Crippen LogP contribution in [0.4, 0.5) is 5.69 Å². The highest BCUT2D eigenvalue weighted by molar-refractivity contribution is 7.92. The largest absolute Gasteiger partial charge is 0.593 e. The van der Waals surface area contributed by atoms with Gasteiger partial charge < -0.3 is 14.3 Å². The van der Waals surface area contributed by atoms with E-state index in [1.54, 1.807) is 12.5 Å². The molecule has 0 bridgehead atoms. The molecule has 1 aromatic heterocycles. The number of benzene rings is 2. The SMILES string of the molecule is C[S+]([O-])N1CCc2cc(OCC3CC3)c(-c3c[nH]c(=O)c4ccccc34)cc21. The fraction of sp³-hybridized carbons (Fsp3) is 0.318. The molecule has 2 aliphatic rings. The highest BCUT2D eigenvalue weighted by Gasteiger charge is 2.29. The van der Waals surface area contributed by atoms with Gasteiger partial charge in [-0.3, -0.25) is 4.79 Å². The summed E-state index contributed by atoms with van der Waals surface area (Å²) in [5.41, 5.74) is 3.92. The lowest BCUT2D eigenvalue weighted by atomic mass is 9.98. The number of nitrogens with zero attached hydrogens (tertiary/aromatic N) is 1. The Hall–Kier alpha value is -2.44. The lowest BCUT2D eigenvalue weighted by Gasteiger charge is -2.21. The van der Waals surface area contributed by atoms with Crippen molar-refractivity contribution in [2.45, 2.75) is 19.3 Å². The van der Waals surface area contributed by atoms with E-state index >= 15 is 0 Å². The van der Waals surface area contributed by atoms with E-state index < -0.39 is 11.4 Å². The maximum Gasteiger partial charge on any atom is 0.255 e. The van der Waals surface area contributed by atoms with Crippen molar-refractivity contribution < 1.29 is 9.29 Å². The van der Waals surface area contributed by atoms with Crippen molar-refractivity contribution in [3.63, 3.8) is 0 Å². The molecule has 2 aromatic carbocycles. The lowest BCUT2D eigenvalue weighted by molar-refractivity contribution is 0.301. The Balaban J connectivity index is 1.70. The number of pyridine rings is 1. The number of hydrogen-bond acceptors (Lipinski definition) is 4. The molecule has 6 heteroatoms. The van der Waals surface area contributed by atoms with E-state index in [1.165, 1.54) is 18.4 Å². The maximum absolute atomic E-state index is 12.3. The van der Waals surface area contributed by atoms with Gasteiger partial charge in [-0.25, -0.2) is 0 Å². The summed E-state index contributed by atoms with van der Waals surface area (Å²) in [7, 11) is 0. The molecule has 3 aromatic rings. The molecule has 0 radical (unpaired) electrons. The zero-order chi connectivity index (χ0) is 19.3. The maximum atomic E-state index is 12.3. The summed E-state index contributed by atoms with van der Waals surface area (Å²) >= 11 is -1.07. The third-order valence-electron chi connectivity index (χ3n) is 5.62. The van der Waals surface area contributed by atoms with Crippen LogP contribution in [0.5, 0.6) is 5.75 Å². The second kappa shape index (κ2) is 6.87. The Bertz CT molecular complexity index is 1100. The van der Waals surface area contributed by atoms with Crippen LogP contribution in [0.25, 0.3) is 21.9 Å². The molecule has 0 spiro atoms. The van der Waals surface area contributed by atoms with Crippen molar-refractivity contribution >= 4 is 27.8 Å². The highest BCUT2D eigenvalue weighted by atomic mass is 32.2. The van der Waals surface area contributed by atoms with Gasteiger partial charge in [0.05, 0.1) is 30.2 Å². The summed E-state index contributed by atoms with van der Waals surface area (Å²) in [6.07, 6.45) is 6.79. The van der Waals surface area contributed by atoms with Crippen LogP contribution >= 0.6 is 0 Å². The summed E-state index contributed by atoms with van der Waals surface area (Å²) < 4.78 is 20.3. The van der Waals surface area contributed by atoms with Crippen LogP contribution in [-0.2, 0) is 17.8 Å². The Morgan fingerprint density at radius 1 is 1.21 bits per heavy atom. The van der Waals surface area contributed by atoms with Crippen LogP contribution in [0.2, 0.25) is 0 Å². The van der Waals surface area contributed by atoms with Gasteiger partial charge in [-0.1, -0.05) is 18.2 Å². The van der Waals surface area contributed by atoms with Crippen LogP contribution in [0.15, 0.2) is 47.4 Å². The van der Waals surface area contributed by atoms with E-state index in [0.717, 1.165) is 47.5 Å². The summed E-state index contributed by atoms with van der Waals surface area (Å²) in [6, 6.07) is 11.8. The van der Waals surface area contributed by atoms with Gasteiger partial charge in [0.25, 0.3) is 5.56 Å². The van der Waals surface area contributed by atoms with Gasteiger partial charge in [-0.2, -0.15) is 4.31 Å². The molecule has 1 N–H and O–H groups in total. The van der Waals surface area contributed by atoms with E-state index in [-0.39, 0.29) is 5.56 Å². The van der Waals surface area contributed by atoms with Crippen LogP contribution < -0.4 is 14.6 Å². The minimum Gasteiger partial charge on any atom is -0.593 e. The van der Waals surface area contributed by atoms with Crippen molar-refractivity contribution in [1.29, 1.82) is 0 Å². The Kier molecular flexibility index (Phi) is 4.33. The lowest BCUT2D eigenvalue weighted by Crippen LogP contribution is -2.27. The minimum absolute atomic E-state index is 0.0998. The molecule has 0 saturated heterocycles. The first-order valence-electron chi connectivity index (χ1n) is 9.63. The molecule has 1 atom stereocenters. The smallest absolute Gasteiger partial charge is 0.255 e. The van der Waals surface area contributed by atoms with E-state index in [2.05, 4.69) is 17.1 Å². The number of aromatic nitrogens is 1. The third kappa shape index (κ3) is 3.06. The monoisotopic (exact) mass is 394 g/mol. The van der Waals surface area contributed by atoms with E-state index in [9.17, 15) is 9.35 Å². The Morgan fingerprint density at radius 2 is 2.00 bits per heavy atom. The van der Waals surface area contributed by atoms with Gasteiger partial charge in [0, 0.05) is 22.7 Å². The first kappa shape index (κ1) is 17.6. The van der Waals surface area contributed by atoms with Gasteiger partial charge in [-0.05, 0) is 54.3 Å². The number of H-pyrrole nitrogens is 1. The number of nitrogens with one attached hydrogen (secondary N) is 1. The summed E-state index contributed by atoms with van der Waals surface area (Å²) in [5.74, 6) is 1.49. The molecule has 5 rings (SSSR count). The highest BCUT2D eigenvalue weighted by Crippen LogP contribution is 2.42. The topological polar surface area (TPSA) is 68.4 Å². The van der Waals surface area contributed by atoms with Crippen LogP contribution in [-0.4, -0.2) is 28.9 Å². The van der Waals surface area contributed by atoms with Crippen molar-refractivity contribution in [2.24, 2.45) is 5.92 Å². The second-order valence-corrected chi connectivity index (χ2v) is 8.87. The van der Waals surface area contributed by atoms with E-state index in [0.29, 0.717) is 11.3 Å². The zero-order valence-electron chi connectivity index (χ0n) is 15.7. The van der Waals surface area contributed by atoms with Crippen molar-refractivity contribution in [3.05, 3.63) is 58.5 Å². The van der Waals surface area contributed by atoms with Gasteiger partial charge in [0.15, 0.2) is 0 Å². The molecule has 1 saturated carbocycles. The Morgan fingerprint density at radius 3 is 2.75 bits per heavy atom. The fourth-order valence-electron chi connectivity index (χ4n) is 3.91. The van der Waals surface area contributed by atoms with Gasteiger partial charge in [0.1, 0.15) is 12.0 Å². The molecule has 1 aliphatic carbocycles.